The first-order valence-corrected chi connectivity index (χ1v) is 5.70. The molecule has 1 fully saturated rings. The number of hydrogen-bond donors (Lipinski definition) is 5. The molecule has 2 aromatic rings. The van der Waals surface area contributed by atoms with Gasteiger partial charge >= 0.3 is 0 Å². The van der Waals surface area contributed by atoms with E-state index in [2.05, 4.69) is 19.9 Å². The number of nitrogens with two attached hydrogens (primary N) is 1. The van der Waals surface area contributed by atoms with Crippen LogP contribution in [0.15, 0.2) is 6.33 Å². The average Bonchev–Trinajstić information content (AvgIpc) is 2.96. The van der Waals surface area contributed by atoms with Crippen molar-refractivity contribution in [1.29, 1.82) is 0 Å². The summed E-state index contributed by atoms with van der Waals surface area (Å²) in [6.07, 6.45) is -2.82. The highest BCUT2D eigenvalue weighted by molar-refractivity contribution is 5.80. The van der Waals surface area contributed by atoms with Crippen molar-refractivity contribution < 1.29 is 20.1 Å². The number of nitrogens with zero attached hydrogens (tertiary/aromatic N) is 3. The predicted octanol–water partition coefficient (Wildman–Crippen LogP) is -1.91. The van der Waals surface area contributed by atoms with E-state index < -0.39 is 31.0 Å². The van der Waals surface area contributed by atoms with Crippen LogP contribution in [0, 0.1) is 0 Å². The second kappa shape index (κ2) is 4.38. The number of H-pyrrole nitrogens is 1. The minimum Gasteiger partial charge on any atom is -0.394 e. The average molecular weight is 267 g/mol. The molecular formula is C10H13N5O4. The minimum atomic E-state index is -1.23. The molecule has 0 saturated carbocycles. The number of imidazole rings is 1. The van der Waals surface area contributed by atoms with Crippen LogP contribution in [0.3, 0.4) is 0 Å². The fourth-order valence-corrected chi connectivity index (χ4v) is 2.11. The number of fused-ring (bicyclic) bond motifs is 1. The third kappa shape index (κ3) is 1.83. The summed E-state index contributed by atoms with van der Waals surface area (Å²) in [6.45, 7) is -0.408. The van der Waals surface area contributed by atoms with E-state index in [0.29, 0.717) is 11.2 Å². The highest BCUT2D eigenvalue weighted by atomic mass is 16.6. The standard InChI is InChI=1S/C10H13N5O4/c11-8-4-9(13-2-12-4)15-10(14-8)7-6(18)5(17)3(1-16)19-7/h2-3,5-7,16-18H,1H2,(H3,11,12,13,14,15)/t3-,5-,6-,7+/m1/s1. The number of anilines is 1. The summed E-state index contributed by atoms with van der Waals surface area (Å²) in [6, 6.07) is 0. The van der Waals surface area contributed by atoms with Crippen molar-refractivity contribution in [3.63, 3.8) is 0 Å². The quantitative estimate of drug-likeness (QED) is 0.423. The van der Waals surface area contributed by atoms with E-state index in [0.717, 1.165) is 0 Å². The Morgan fingerprint density at radius 1 is 1.32 bits per heavy atom. The third-order valence-corrected chi connectivity index (χ3v) is 3.13. The van der Waals surface area contributed by atoms with Gasteiger partial charge in [0.05, 0.1) is 12.9 Å². The molecule has 1 saturated heterocycles. The topological polar surface area (TPSA) is 150 Å². The lowest BCUT2D eigenvalue weighted by molar-refractivity contribution is -0.0251. The number of aromatic nitrogens is 4. The van der Waals surface area contributed by atoms with Gasteiger partial charge in [-0.05, 0) is 0 Å². The monoisotopic (exact) mass is 267 g/mol. The van der Waals surface area contributed by atoms with Crippen LogP contribution in [0.1, 0.15) is 11.9 Å². The first-order valence-electron chi connectivity index (χ1n) is 5.70. The zero-order valence-corrected chi connectivity index (χ0v) is 9.76. The van der Waals surface area contributed by atoms with Crippen LogP contribution in [0.4, 0.5) is 5.82 Å². The van der Waals surface area contributed by atoms with Crippen molar-refractivity contribution in [2.24, 2.45) is 0 Å². The lowest BCUT2D eigenvalue weighted by Gasteiger charge is -2.13. The Labute approximate surface area is 107 Å². The van der Waals surface area contributed by atoms with Crippen molar-refractivity contribution >= 4 is 17.0 Å². The normalized spacial score (nSPS) is 31.1. The zero-order valence-electron chi connectivity index (χ0n) is 9.76. The molecular weight excluding hydrogens is 254 g/mol. The summed E-state index contributed by atoms with van der Waals surface area (Å²) >= 11 is 0. The first kappa shape index (κ1) is 12.2. The third-order valence-electron chi connectivity index (χ3n) is 3.13. The van der Waals surface area contributed by atoms with E-state index in [1.165, 1.54) is 6.33 Å². The lowest BCUT2D eigenvalue weighted by atomic mass is 10.1. The fraction of sp³-hybridized carbons (Fsp3) is 0.500. The van der Waals surface area contributed by atoms with Crippen LogP contribution in [-0.4, -0.2) is 60.2 Å². The molecule has 9 heteroatoms. The largest absolute Gasteiger partial charge is 0.394 e. The zero-order chi connectivity index (χ0) is 13.6. The van der Waals surface area contributed by atoms with Crippen molar-refractivity contribution in [2.75, 3.05) is 12.3 Å². The predicted molar refractivity (Wildman–Crippen MR) is 62.8 cm³/mol. The number of aliphatic hydroxyl groups excluding tert-OH is 3. The molecule has 3 heterocycles. The van der Waals surface area contributed by atoms with Gasteiger partial charge in [-0.25, -0.2) is 15.0 Å². The first-order chi connectivity index (χ1) is 9.11. The summed E-state index contributed by atoms with van der Waals surface area (Å²) in [4.78, 5) is 14.9. The second-order valence-corrected chi connectivity index (χ2v) is 4.33. The van der Waals surface area contributed by atoms with Gasteiger partial charge in [-0.3, -0.25) is 0 Å². The Hall–Kier alpha value is -1.81. The summed E-state index contributed by atoms with van der Waals surface area (Å²) in [5, 5.41) is 28.6. The molecule has 6 N–H and O–H groups in total. The number of nitrogens with one attached hydrogen (secondary N) is 1. The maximum atomic E-state index is 9.89. The van der Waals surface area contributed by atoms with Crippen LogP contribution < -0.4 is 5.73 Å². The van der Waals surface area contributed by atoms with Crippen LogP contribution in [0.5, 0.6) is 0 Å². The van der Waals surface area contributed by atoms with Crippen molar-refractivity contribution in [3.05, 3.63) is 12.2 Å². The van der Waals surface area contributed by atoms with E-state index in [9.17, 15) is 10.2 Å². The van der Waals surface area contributed by atoms with Gasteiger partial charge < -0.3 is 30.8 Å². The van der Waals surface area contributed by atoms with Crippen molar-refractivity contribution in [3.8, 4) is 0 Å². The molecule has 19 heavy (non-hydrogen) atoms. The smallest absolute Gasteiger partial charge is 0.183 e. The Kier molecular flexibility index (Phi) is 2.82. The number of hydrogen-bond acceptors (Lipinski definition) is 8. The molecule has 0 aliphatic carbocycles. The molecule has 4 atom stereocenters. The molecule has 0 spiro atoms. The van der Waals surface area contributed by atoms with Gasteiger partial charge in [0, 0.05) is 0 Å². The molecule has 0 aromatic carbocycles. The minimum absolute atomic E-state index is 0.125. The van der Waals surface area contributed by atoms with Gasteiger partial charge in [-0.15, -0.1) is 0 Å². The highest BCUT2D eigenvalue weighted by Crippen LogP contribution is 2.32. The molecule has 0 unspecified atom stereocenters. The summed E-state index contributed by atoms with van der Waals surface area (Å²) < 4.78 is 5.33. The molecule has 2 aromatic heterocycles. The van der Waals surface area contributed by atoms with E-state index in [-0.39, 0.29) is 11.6 Å². The van der Waals surface area contributed by atoms with Crippen LogP contribution >= 0.6 is 0 Å². The molecule has 1 aliphatic heterocycles. The van der Waals surface area contributed by atoms with E-state index in [1.807, 2.05) is 0 Å². The number of nitrogen functional groups attached to an aromatic ring is 1. The Morgan fingerprint density at radius 3 is 2.79 bits per heavy atom. The number of aromatic amines is 1. The van der Waals surface area contributed by atoms with Crippen LogP contribution in [0.2, 0.25) is 0 Å². The van der Waals surface area contributed by atoms with Gasteiger partial charge in [0.1, 0.15) is 29.9 Å². The van der Waals surface area contributed by atoms with E-state index >= 15 is 0 Å². The van der Waals surface area contributed by atoms with Gasteiger partial charge in [-0.2, -0.15) is 0 Å². The van der Waals surface area contributed by atoms with Crippen LogP contribution in [0.25, 0.3) is 11.2 Å². The van der Waals surface area contributed by atoms with E-state index in [4.69, 9.17) is 15.6 Å². The second-order valence-electron chi connectivity index (χ2n) is 4.33. The number of rotatable bonds is 2. The lowest BCUT2D eigenvalue weighted by Crippen LogP contribution is -2.32. The van der Waals surface area contributed by atoms with Gasteiger partial charge in [0.15, 0.2) is 17.3 Å². The van der Waals surface area contributed by atoms with Crippen molar-refractivity contribution in [1.82, 2.24) is 19.9 Å². The Bertz CT molecular complexity index is 603. The maximum Gasteiger partial charge on any atom is 0.183 e. The fourth-order valence-electron chi connectivity index (χ4n) is 2.11. The molecule has 0 bridgehead atoms. The van der Waals surface area contributed by atoms with Crippen molar-refractivity contribution in [2.45, 2.75) is 24.4 Å². The SMILES string of the molecule is Nc1nc([C@H]2O[C@H](CO)[C@@H](O)[C@H]2O)nc2nc[nH]c12. The summed E-state index contributed by atoms with van der Waals surface area (Å²) in [7, 11) is 0. The summed E-state index contributed by atoms with van der Waals surface area (Å²) in [5.41, 5.74) is 6.59. The highest BCUT2D eigenvalue weighted by Gasteiger charge is 2.44. The van der Waals surface area contributed by atoms with Crippen LogP contribution in [-0.2, 0) is 4.74 Å². The Balaban J connectivity index is 2.00. The molecule has 9 nitrogen and oxygen atoms in total. The molecule has 3 rings (SSSR count). The van der Waals surface area contributed by atoms with E-state index in [1.54, 1.807) is 0 Å². The number of aliphatic hydroxyl groups is 3. The molecule has 0 amide bonds. The van der Waals surface area contributed by atoms with Gasteiger partial charge in [0.2, 0.25) is 0 Å². The molecule has 0 radical (unpaired) electrons. The molecule has 102 valence electrons. The van der Waals surface area contributed by atoms with Gasteiger partial charge in [-0.1, -0.05) is 0 Å². The molecule has 1 aliphatic rings. The maximum absolute atomic E-state index is 9.89. The summed E-state index contributed by atoms with van der Waals surface area (Å²) in [5.74, 6) is 0.301. The van der Waals surface area contributed by atoms with Gasteiger partial charge in [0.25, 0.3) is 0 Å². The Morgan fingerprint density at radius 2 is 2.11 bits per heavy atom. The number of ether oxygens (including phenoxy) is 1.